The van der Waals surface area contributed by atoms with E-state index in [2.05, 4.69) is 5.32 Å². The molecule has 0 saturated heterocycles. The number of ether oxygens (including phenoxy) is 1. The molecule has 3 aromatic carbocycles. The van der Waals surface area contributed by atoms with E-state index in [1.807, 2.05) is 6.92 Å². The van der Waals surface area contributed by atoms with Crippen LogP contribution in [0.3, 0.4) is 0 Å². The van der Waals surface area contributed by atoms with Gasteiger partial charge in [0, 0.05) is 28.2 Å². The van der Waals surface area contributed by atoms with Gasteiger partial charge in [0.25, 0.3) is 10.0 Å². The molecule has 0 radical (unpaired) electrons. The van der Waals surface area contributed by atoms with Gasteiger partial charge in [-0.25, -0.2) is 12.8 Å². The van der Waals surface area contributed by atoms with Crippen LogP contribution in [0.5, 0.6) is 5.75 Å². The summed E-state index contributed by atoms with van der Waals surface area (Å²) < 4.78 is 47.6. The van der Waals surface area contributed by atoms with Gasteiger partial charge in [-0.2, -0.15) is 0 Å². The maximum Gasteiger partial charge on any atom is 0.264 e. The standard InChI is InChI=1S/C29H32Cl2FN3O5S/c1-5-40-23-13-11-22(12-14-23)35(41(38,39)24-15-9-21(32)10-16-24)18-28(36)34(20(4)29(37)33-19(2)3)17-25-26(30)7-6-8-27(25)31/h6-16,19-20H,5,17-18H2,1-4H3,(H,33,37). The number of hydrogen-bond acceptors (Lipinski definition) is 5. The van der Waals surface area contributed by atoms with E-state index in [0.717, 1.165) is 28.6 Å². The average Bonchev–Trinajstić information content (AvgIpc) is 2.91. The van der Waals surface area contributed by atoms with Crippen molar-refractivity contribution in [2.75, 3.05) is 17.5 Å². The summed E-state index contributed by atoms with van der Waals surface area (Å²) in [5, 5.41) is 3.35. The van der Waals surface area contributed by atoms with E-state index in [-0.39, 0.29) is 33.2 Å². The summed E-state index contributed by atoms with van der Waals surface area (Å²) in [6.07, 6.45) is 0. The van der Waals surface area contributed by atoms with E-state index < -0.39 is 40.2 Å². The van der Waals surface area contributed by atoms with Crippen molar-refractivity contribution in [3.05, 3.63) is 88.2 Å². The van der Waals surface area contributed by atoms with Gasteiger partial charge in [-0.05, 0) is 88.4 Å². The lowest BCUT2D eigenvalue weighted by atomic mass is 10.1. The van der Waals surface area contributed by atoms with Crippen LogP contribution < -0.4 is 14.4 Å². The normalized spacial score (nSPS) is 12.1. The van der Waals surface area contributed by atoms with E-state index in [0.29, 0.717) is 17.9 Å². The zero-order valence-corrected chi connectivity index (χ0v) is 25.4. The Morgan fingerprint density at radius 1 is 0.951 bits per heavy atom. The monoisotopic (exact) mass is 623 g/mol. The highest BCUT2D eigenvalue weighted by Gasteiger charge is 2.33. The zero-order chi connectivity index (χ0) is 30.3. The molecular formula is C29H32Cl2FN3O5S. The summed E-state index contributed by atoms with van der Waals surface area (Å²) in [5.41, 5.74) is 0.573. The molecule has 0 spiro atoms. The van der Waals surface area contributed by atoms with E-state index in [4.69, 9.17) is 27.9 Å². The number of amides is 2. The van der Waals surface area contributed by atoms with Gasteiger partial charge < -0.3 is 15.0 Å². The van der Waals surface area contributed by atoms with Crippen LogP contribution in [0.2, 0.25) is 10.0 Å². The summed E-state index contributed by atoms with van der Waals surface area (Å²) in [4.78, 5) is 28.0. The van der Waals surface area contributed by atoms with E-state index >= 15 is 0 Å². The van der Waals surface area contributed by atoms with Crippen LogP contribution >= 0.6 is 23.2 Å². The van der Waals surface area contributed by atoms with Crippen molar-refractivity contribution >= 4 is 50.7 Å². The quantitative estimate of drug-likeness (QED) is 0.280. The number of carbonyl (C=O) groups is 2. The Labute approximate surface area is 250 Å². The first-order valence-corrected chi connectivity index (χ1v) is 15.1. The maximum absolute atomic E-state index is 14.0. The Morgan fingerprint density at radius 2 is 1.54 bits per heavy atom. The number of sulfonamides is 1. The highest BCUT2D eigenvalue weighted by molar-refractivity contribution is 7.92. The number of anilines is 1. The highest BCUT2D eigenvalue weighted by atomic mass is 35.5. The topological polar surface area (TPSA) is 96.0 Å². The van der Waals surface area contributed by atoms with Gasteiger partial charge in [0.15, 0.2) is 0 Å². The minimum Gasteiger partial charge on any atom is -0.494 e. The number of carbonyl (C=O) groups excluding carboxylic acids is 2. The molecule has 0 aliphatic carbocycles. The molecule has 3 rings (SSSR count). The SMILES string of the molecule is CCOc1ccc(N(CC(=O)N(Cc2c(Cl)cccc2Cl)C(C)C(=O)NC(C)C)S(=O)(=O)c2ccc(F)cc2)cc1. The van der Waals surface area contributed by atoms with Crippen LogP contribution in [-0.2, 0) is 26.2 Å². The van der Waals surface area contributed by atoms with Gasteiger partial charge in [-0.1, -0.05) is 29.3 Å². The maximum atomic E-state index is 14.0. The molecule has 0 bridgehead atoms. The van der Waals surface area contributed by atoms with Crippen molar-refractivity contribution < 1.29 is 27.1 Å². The third-order valence-corrected chi connectivity index (χ3v) is 8.60. The fourth-order valence-corrected chi connectivity index (χ4v) is 5.91. The predicted molar refractivity (Wildman–Crippen MR) is 158 cm³/mol. The fourth-order valence-electron chi connectivity index (χ4n) is 3.98. The lowest BCUT2D eigenvalue weighted by Gasteiger charge is -2.32. The molecule has 0 aromatic heterocycles. The molecule has 0 aliphatic rings. The number of nitrogens with one attached hydrogen (secondary N) is 1. The molecule has 1 N–H and O–H groups in total. The molecular weight excluding hydrogens is 592 g/mol. The number of hydrogen-bond donors (Lipinski definition) is 1. The second-order valence-electron chi connectivity index (χ2n) is 9.45. The molecule has 1 unspecified atom stereocenters. The Kier molecular flexibility index (Phi) is 11.0. The zero-order valence-electron chi connectivity index (χ0n) is 23.1. The molecule has 0 saturated carbocycles. The summed E-state index contributed by atoms with van der Waals surface area (Å²) in [6, 6.07) is 14.1. The van der Waals surface area contributed by atoms with Gasteiger partial charge >= 0.3 is 0 Å². The molecule has 3 aromatic rings. The van der Waals surface area contributed by atoms with Crippen molar-refractivity contribution in [3.8, 4) is 5.75 Å². The Morgan fingerprint density at radius 3 is 2.07 bits per heavy atom. The predicted octanol–water partition coefficient (Wildman–Crippen LogP) is 5.67. The van der Waals surface area contributed by atoms with Gasteiger partial charge in [-0.15, -0.1) is 0 Å². The van der Waals surface area contributed by atoms with Gasteiger partial charge in [0.2, 0.25) is 11.8 Å². The van der Waals surface area contributed by atoms with E-state index in [9.17, 15) is 22.4 Å². The van der Waals surface area contributed by atoms with Gasteiger partial charge in [-0.3, -0.25) is 13.9 Å². The molecule has 41 heavy (non-hydrogen) atoms. The smallest absolute Gasteiger partial charge is 0.264 e. The first-order valence-electron chi connectivity index (χ1n) is 12.9. The number of nitrogens with zero attached hydrogens (tertiary/aromatic N) is 2. The molecule has 1 atom stereocenters. The Balaban J connectivity index is 2.07. The molecule has 2 amide bonds. The van der Waals surface area contributed by atoms with Crippen molar-refractivity contribution in [1.29, 1.82) is 0 Å². The van der Waals surface area contributed by atoms with E-state index in [1.54, 1.807) is 44.2 Å². The van der Waals surface area contributed by atoms with Gasteiger partial charge in [0.05, 0.1) is 17.2 Å². The van der Waals surface area contributed by atoms with Crippen molar-refractivity contribution in [1.82, 2.24) is 10.2 Å². The molecule has 220 valence electrons. The first-order chi connectivity index (χ1) is 19.3. The minimum atomic E-state index is -4.35. The van der Waals surface area contributed by atoms with Gasteiger partial charge in [0.1, 0.15) is 24.2 Å². The number of benzene rings is 3. The lowest BCUT2D eigenvalue weighted by molar-refractivity contribution is -0.139. The molecule has 0 aliphatic heterocycles. The highest BCUT2D eigenvalue weighted by Crippen LogP contribution is 2.29. The summed E-state index contributed by atoms with van der Waals surface area (Å²) in [6.45, 7) is 6.50. The van der Waals surface area contributed by atoms with E-state index in [1.165, 1.54) is 24.0 Å². The van der Waals surface area contributed by atoms with Crippen LogP contribution in [0, 0.1) is 5.82 Å². The summed E-state index contributed by atoms with van der Waals surface area (Å²) >= 11 is 12.8. The molecule has 12 heteroatoms. The third kappa shape index (κ3) is 8.12. The van der Waals surface area contributed by atoms with Crippen LogP contribution in [0.4, 0.5) is 10.1 Å². The second-order valence-corrected chi connectivity index (χ2v) is 12.1. The van der Waals surface area contributed by atoms with Crippen molar-refractivity contribution in [2.45, 2.75) is 51.2 Å². The molecule has 0 fully saturated rings. The molecule has 8 nitrogen and oxygen atoms in total. The number of halogens is 3. The Bertz CT molecular complexity index is 1450. The number of rotatable bonds is 12. The summed E-state index contributed by atoms with van der Waals surface area (Å²) in [5.74, 6) is -1.23. The minimum absolute atomic E-state index is 0.155. The van der Waals surface area contributed by atoms with Crippen LogP contribution in [0.15, 0.2) is 71.6 Å². The first kappa shape index (κ1) is 32.2. The second kappa shape index (κ2) is 14.0. The third-order valence-electron chi connectivity index (χ3n) is 6.10. The van der Waals surface area contributed by atoms with Crippen LogP contribution in [-0.4, -0.2) is 50.4 Å². The van der Waals surface area contributed by atoms with Crippen LogP contribution in [0.25, 0.3) is 0 Å². The fraction of sp³-hybridized carbons (Fsp3) is 0.310. The average molecular weight is 625 g/mol. The van der Waals surface area contributed by atoms with Crippen molar-refractivity contribution in [3.63, 3.8) is 0 Å². The lowest BCUT2D eigenvalue weighted by Crippen LogP contribution is -2.52. The molecule has 0 heterocycles. The Hall–Kier alpha value is -3.34. The van der Waals surface area contributed by atoms with Crippen LogP contribution in [0.1, 0.15) is 33.3 Å². The van der Waals surface area contributed by atoms with Crippen molar-refractivity contribution in [2.24, 2.45) is 0 Å². The largest absolute Gasteiger partial charge is 0.494 e. The summed E-state index contributed by atoms with van der Waals surface area (Å²) in [7, 11) is -4.35.